The summed E-state index contributed by atoms with van der Waals surface area (Å²) < 4.78 is 40.2. The van der Waals surface area contributed by atoms with E-state index >= 15 is 0 Å². The number of halogens is 5. The predicted octanol–water partition coefficient (Wildman–Crippen LogP) is 5.02. The average molecular weight is 388 g/mol. The molecule has 7 heteroatoms. The first-order valence-corrected chi connectivity index (χ1v) is 7.86. The molecule has 0 saturated heterocycles. The Morgan fingerprint density at radius 1 is 1.12 bits per heavy atom. The van der Waals surface area contributed by atoms with Crippen molar-refractivity contribution in [2.45, 2.75) is 19.0 Å². The van der Waals surface area contributed by atoms with Crippen LogP contribution in [0.4, 0.5) is 13.2 Å². The molecule has 0 aromatic heterocycles. The van der Waals surface area contributed by atoms with E-state index in [-0.39, 0.29) is 21.2 Å². The second-order valence-electron chi connectivity index (χ2n) is 5.44. The molecule has 0 radical (unpaired) electrons. The van der Waals surface area contributed by atoms with Crippen molar-refractivity contribution in [1.29, 1.82) is 0 Å². The predicted molar refractivity (Wildman–Crippen MR) is 89.8 cm³/mol. The van der Waals surface area contributed by atoms with Gasteiger partial charge in [-0.25, -0.2) is 0 Å². The van der Waals surface area contributed by atoms with Gasteiger partial charge in [0, 0.05) is 15.6 Å². The molecule has 1 atom stereocenters. The smallest absolute Gasteiger partial charge is 0.399 e. The van der Waals surface area contributed by atoms with Crippen LogP contribution in [0.25, 0.3) is 6.08 Å². The molecular weight excluding hydrogens is 376 g/mol. The third-order valence-corrected chi connectivity index (χ3v) is 3.98. The first kappa shape index (κ1) is 19.3. The monoisotopic (exact) mass is 387 g/mol. The van der Waals surface area contributed by atoms with Gasteiger partial charge in [-0.2, -0.15) is 13.2 Å². The highest BCUT2D eigenvalue weighted by atomic mass is 35.5. The molecular formula is C18H12Cl2F3O2-. The summed E-state index contributed by atoms with van der Waals surface area (Å²) in [7, 11) is 0. The van der Waals surface area contributed by atoms with Crippen LogP contribution in [-0.4, -0.2) is 12.1 Å². The van der Waals surface area contributed by atoms with E-state index in [9.17, 15) is 23.1 Å². The van der Waals surface area contributed by atoms with Gasteiger partial charge in [0.05, 0.1) is 11.9 Å². The fraction of sp³-hybridized carbons (Fsp3) is 0.167. The third-order valence-electron chi connectivity index (χ3n) is 3.55. The minimum atomic E-state index is -4.54. The van der Waals surface area contributed by atoms with Crippen molar-refractivity contribution in [2.75, 3.05) is 0 Å². The number of aromatic carboxylic acids is 1. The molecule has 0 bridgehead atoms. The molecule has 0 aliphatic rings. The highest BCUT2D eigenvalue weighted by molar-refractivity contribution is 6.34. The largest absolute Gasteiger partial charge is 0.545 e. The van der Waals surface area contributed by atoms with Crippen molar-refractivity contribution in [3.05, 3.63) is 74.8 Å². The van der Waals surface area contributed by atoms with Gasteiger partial charge in [0.15, 0.2) is 0 Å². The number of carboxylic acid groups (broad SMARTS) is 1. The summed E-state index contributed by atoms with van der Waals surface area (Å²) in [6.45, 7) is 1.54. The summed E-state index contributed by atoms with van der Waals surface area (Å²) in [5, 5.41) is 11.1. The topological polar surface area (TPSA) is 40.1 Å². The molecule has 0 fully saturated rings. The lowest BCUT2D eigenvalue weighted by Crippen LogP contribution is -2.23. The number of allylic oxidation sites excluding steroid dienone is 1. The molecule has 2 nitrogen and oxygen atoms in total. The van der Waals surface area contributed by atoms with Gasteiger partial charge in [-0.1, -0.05) is 53.6 Å². The highest BCUT2D eigenvalue weighted by Crippen LogP contribution is 2.38. The quantitative estimate of drug-likeness (QED) is 0.738. The van der Waals surface area contributed by atoms with Crippen LogP contribution >= 0.6 is 23.2 Å². The van der Waals surface area contributed by atoms with Gasteiger partial charge in [-0.05, 0) is 41.8 Å². The lowest BCUT2D eigenvalue weighted by atomic mass is 9.96. The van der Waals surface area contributed by atoms with Gasteiger partial charge in [0.25, 0.3) is 0 Å². The number of hydrogen-bond donors (Lipinski definition) is 0. The number of carboxylic acids is 1. The molecule has 0 amide bonds. The molecule has 2 aromatic carbocycles. The molecule has 132 valence electrons. The maximum Gasteiger partial charge on any atom is 0.399 e. The summed E-state index contributed by atoms with van der Waals surface area (Å²) in [4.78, 5) is 10.9. The van der Waals surface area contributed by atoms with Crippen LogP contribution in [0.15, 0.2) is 42.5 Å². The standard InChI is InChI=1S/C18H13Cl2F3O2/c1-10-6-11(2-4-15(10)17(24)25)3-5-16(18(21,22)23)12-7-13(19)9-14(20)8-12/h2-9,16H,1H3,(H,24,25)/p-1. The normalized spacial score (nSPS) is 13.2. The van der Waals surface area contributed by atoms with E-state index in [1.807, 2.05) is 0 Å². The van der Waals surface area contributed by atoms with Crippen LogP contribution in [0.5, 0.6) is 0 Å². The Morgan fingerprint density at radius 3 is 2.20 bits per heavy atom. The van der Waals surface area contributed by atoms with Crippen molar-refractivity contribution in [2.24, 2.45) is 0 Å². The Balaban J connectivity index is 2.39. The minimum absolute atomic E-state index is 0.00820. The van der Waals surface area contributed by atoms with E-state index in [0.29, 0.717) is 11.1 Å². The van der Waals surface area contributed by atoms with Gasteiger partial charge in [0.1, 0.15) is 0 Å². The molecule has 0 N–H and O–H groups in total. The number of aryl methyl sites for hydroxylation is 1. The molecule has 1 unspecified atom stereocenters. The third kappa shape index (κ3) is 5.00. The maximum atomic E-state index is 13.4. The van der Waals surface area contributed by atoms with E-state index in [1.54, 1.807) is 6.92 Å². The molecule has 0 spiro atoms. The molecule has 2 rings (SSSR count). The van der Waals surface area contributed by atoms with Crippen LogP contribution in [0.2, 0.25) is 10.0 Å². The van der Waals surface area contributed by atoms with Crippen molar-refractivity contribution < 1.29 is 23.1 Å². The summed E-state index contributed by atoms with van der Waals surface area (Å²) in [6, 6.07) is 7.95. The second-order valence-corrected chi connectivity index (χ2v) is 6.32. The second kappa shape index (κ2) is 7.50. The molecule has 0 saturated carbocycles. The molecule has 0 aliphatic heterocycles. The van der Waals surface area contributed by atoms with Crippen LogP contribution in [0, 0.1) is 6.92 Å². The average Bonchev–Trinajstić information content (AvgIpc) is 2.44. The SMILES string of the molecule is Cc1cc(C=CC(c2cc(Cl)cc(Cl)c2)C(F)(F)F)ccc1C(=O)[O-]. The van der Waals surface area contributed by atoms with Gasteiger partial charge in [-0.15, -0.1) is 0 Å². The summed E-state index contributed by atoms with van der Waals surface area (Å²) in [5.41, 5.74) is 0.747. The highest BCUT2D eigenvalue weighted by Gasteiger charge is 2.39. The van der Waals surface area contributed by atoms with Crippen LogP contribution in [0.3, 0.4) is 0 Å². The number of benzene rings is 2. The molecule has 0 heterocycles. The van der Waals surface area contributed by atoms with Crippen LogP contribution < -0.4 is 5.11 Å². The Kier molecular flexibility index (Phi) is 5.80. The summed E-state index contributed by atoms with van der Waals surface area (Å²) >= 11 is 11.6. The van der Waals surface area contributed by atoms with Gasteiger partial charge >= 0.3 is 6.18 Å². The fourth-order valence-electron chi connectivity index (χ4n) is 2.39. The molecule has 25 heavy (non-hydrogen) atoms. The minimum Gasteiger partial charge on any atom is -0.545 e. The van der Waals surface area contributed by atoms with Crippen molar-refractivity contribution in [3.8, 4) is 0 Å². The van der Waals surface area contributed by atoms with E-state index in [0.717, 1.165) is 6.08 Å². The Morgan fingerprint density at radius 2 is 1.72 bits per heavy atom. The van der Waals surface area contributed by atoms with Gasteiger partial charge < -0.3 is 9.90 Å². The lowest BCUT2D eigenvalue weighted by Gasteiger charge is -2.18. The number of carbonyl (C=O) groups excluding carboxylic acids is 1. The fourth-order valence-corrected chi connectivity index (χ4v) is 2.93. The molecule has 2 aromatic rings. The first-order chi connectivity index (χ1) is 11.6. The Labute approximate surface area is 152 Å². The van der Waals surface area contributed by atoms with Crippen molar-refractivity contribution in [1.82, 2.24) is 0 Å². The summed E-state index contributed by atoms with van der Waals surface area (Å²) in [6.07, 6.45) is -2.28. The number of rotatable bonds is 4. The number of hydrogen-bond acceptors (Lipinski definition) is 2. The zero-order valence-electron chi connectivity index (χ0n) is 12.9. The van der Waals surface area contributed by atoms with E-state index in [4.69, 9.17) is 23.2 Å². The van der Waals surface area contributed by atoms with Gasteiger partial charge in [-0.3, -0.25) is 0 Å². The van der Waals surface area contributed by atoms with Gasteiger partial charge in [0.2, 0.25) is 0 Å². The zero-order valence-corrected chi connectivity index (χ0v) is 14.4. The van der Waals surface area contributed by atoms with Crippen LogP contribution in [-0.2, 0) is 0 Å². The van der Waals surface area contributed by atoms with Crippen molar-refractivity contribution >= 4 is 35.2 Å². The maximum absolute atomic E-state index is 13.4. The van der Waals surface area contributed by atoms with Crippen LogP contribution in [0.1, 0.15) is 33.0 Å². The Hall–Kier alpha value is -1.98. The number of alkyl halides is 3. The van der Waals surface area contributed by atoms with E-state index < -0.39 is 18.1 Å². The van der Waals surface area contributed by atoms with E-state index in [2.05, 4.69) is 0 Å². The number of carbonyl (C=O) groups is 1. The first-order valence-electron chi connectivity index (χ1n) is 7.11. The zero-order chi connectivity index (χ0) is 18.8. The Bertz CT molecular complexity index is 809. The molecule has 0 aliphatic carbocycles. The van der Waals surface area contributed by atoms with Crippen molar-refractivity contribution in [3.63, 3.8) is 0 Å². The summed E-state index contributed by atoms with van der Waals surface area (Å²) in [5.74, 6) is -3.24. The lowest BCUT2D eigenvalue weighted by molar-refractivity contribution is -0.255. The van der Waals surface area contributed by atoms with E-state index in [1.165, 1.54) is 42.5 Å².